The number of rotatable bonds is 9. The summed E-state index contributed by atoms with van der Waals surface area (Å²) in [7, 11) is 0. The number of piperidine rings is 1. The third-order valence-electron chi connectivity index (χ3n) is 8.74. The molecule has 0 spiro atoms. The molecule has 3 aromatic rings. The maximum absolute atomic E-state index is 12.8. The normalized spacial score (nSPS) is 17.4. The van der Waals surface area contributed by atoms with Crippen LogP contribution in [-0.2, 0) is 32.1 Å². The van der Waals surface area contributed by atoms with Gasteiger partial charge < -0.3 is 4.90 Å². The summed E-state index contributed by atoms with van der Waals surface area (Å²) < 4.78 is 38.4. The van der Waals surface area contributed by atoms with Gasteiger partial charge in [-0.25, -0.2) is 0 Å². The van der Waals surface area contributed by atoms with Gasteiger partial charge in [0.2, 0.25) is 0 Å². The van der Waals surface area contributed by atoms with Crippen molar-refractivity contribution in [3.63, 3.8) is 0 Å². The first-order valence-corrected chi connectivity index (χ1v) is 14.8. The Morgan fingerprint density at radius 1 is 0.825 bits per heavy atom. The van der Waals surface area contributed by atoms with E-state index >= 15 is 0 Å². The van der Waals surface area contributed by atoms with Crippen molar-refractivity contribution in [2.45, 2.75) is 64.2 Å². The SMILES string of the molecule is C=C(CCC1CCN(CCc2ccc(C(F)(F)F)cc2)CC1)c1ccc2c(c1)CN(Cc1ccccc1)CCC2. The van der Waals surface area contributed by atoms with Crippen LogP contribution in [0.2, 0.25) is 0 Å². The number of fused-ring (bicyclic) bond motifs is 1. The van der Waals surface area contributed by atoms with Crippen LogP contribution in [0.5, 0.6) is 0 Å². The van der Waals surface area contributed by atoms with Crippen molar-refractivity contribution in [1.29, 1.82) is 0 Å². The molecule has 0 saturated carbocycles. The number of alkyl halides is 3. The molecule has 5 heteroatoms. The fourth-order valence-corrected chi connectivity index (χ4v) is 6.20. The first-order valence-electron chi connectivity index (χ1n) is 14.8. The van der Waals surface area contributed by atoms with Crippen LogP contribution in [0.4, 0.5) is 13.2 Å². The molecule has 0 unspecified atom stereocenters. The highest BCUT2D eigenvalue weighted by molar-refractivity contribution is 5.64. The molecule has 0 N–H and O–H groups in total. The Hall–Kier alpha value is -2.89. The molecule has 40 heavy (non-hydrogen) atoms. The van der Waals surface area contributed by atoms with Gasteiger partial charge in [0.05, 0.1) is 5.56 Å². The zero-order valence-corrected chi connectivity index (χ0v) is 23.4. The fraction of sp³-hybridized carbons (Fsp3) is 0.429. The lowest BCUT2D eigenvalue weighted by Gasteiger charge is -2.32. The zero-order valence-electron chi connectivity index (χ0n) is 23.4. The van der Waals surface area contributed by atoms with Crippen LogP contribution in [0.3, 0.4) is 0 Å². The molecule has 3 aromatic carbocycles. The van der Waals surface area contributed by atoms with Gasteiger partial charge in [-0.05, 0) is 122 Å². The topological polar surface area (TPSA) is 6.48 Å². The Bertz CT molecular complexity index is 1240. The standard InChI is InChI=1S/C35H41F3N2/c1-27(32-14-13-31-8-5-20-40(26-33(31)24-32)25-30-6-3-2-4-7-30)9-10-29-18-22-39(23-19-29)21-17-28-11-15-34(16-12-28)35(36,37)38/h2-4,6-7,11-16,24,29H,1,5,8-10,17-23,25-26H2. The first-order chi connectivity index (χ1) is 19.3. The number of hydrogen-bond acceptors (Lipinski definition) is 2. The number of halogens is 3. The summed E-state index contributed by atoms with van der Waals surface area (Å²) in [6, 6.07) is 23.4. The number of likely N-dealkylation sites (tertiary alicyclic amines) is 1. The Morgan fingerprint density at radius 3 is 2.30 bits per heavy atom. The maximum Gasteiger partial charge on any atom is 0.416 e. The van der Waals surface area contributed by atoms with E-state index in [2.05, 4.69) is 64.9 Å². The van der Waals surface area contributed by atoms with E-state index in [1.807, 2.05) is 0 Å². The van der Waals surface area contributed by atoms with E-state index in [-0.39, 0.29) is 0 Å². The minimum absolute atomic E-state index is 0.574. The van der Waals surface area contributed by atoms with Crippen molar-refractivity contribution in [2.24, 2.45) is 5.92 Å². The number of allylic oxidation sites excluding steroid dienone is 1. The van der Waals surface area contributed by atoms with E-state index in [0.29, 0.717) is 5.92 Å². The number of nitrogens with zero attached hydrogens (tertiary/aromatic N) is 2. The van der Waals surface area contributed by atoms with E-state index in [9.17, 15) is 13.2 Å². The highest BCUT2D eigenvalue weighted by atomic mass is 19.4. The van der Waals surface area contributed by atoms with Gasteiger partial charge in [-0.15, -0.1) is 0 Å². The lowest BCUT2D eigenvalue weighted by atomic mass is 9.88. The van der Waals surface area contributed by atoms with E-state index in [4.69, 9.17) is 0 Å². The summed E-state index contributed by atoms with van der Waals surface area (Å²) in [5, 5.41) is 0. The summed E-state index contributed by atoms with van der Waals surface area (Å²) in [6.07, 6.45) is 3.42. The summed E-state index contributed by atoms with van der Waals surface area (Å²) in [5.74, 6) is 0.710. The van der Waals surface area contributed by atoms with Gasteiger partial charge in [0.1, 0.15) is 0 Å². The number of benzene rings is 3. The van der Waals surface area contributed by atoms with E-state index in [1.165, 1.54) is 65.6 Å². The van der Waals surface area contributed by atoms with Gasteiger partial charge in [0, 0.05) is 19.6 Å². The number of aryl methyl sites for hydroxylation is 1. The largest absolute Gasteiger partial charge is 0.416 e. The van der Waals surface area contributed by atoms with Crippen LogP contribution in [0, 0.1) is 5.92 Å². The lowest BCUT2D eigenvalue weighted by Crippen LogP contribution is -2.35. The minimum atomic E-state index is -4.27. The summed E-state index contributed by atoms with van der Waals surface area (Å²) in [6.45, 7) is 10.6. The molecule has 0 aromatic heterocycles. The van der Waals surface area contributed by atoms with E-state index in [0.717, 1.165) is 64.1 Å². The van der Waals surface area contributed by atoms with E-state index in [1.54, 1.807) is 12.1 Å². The van der Waals surface area contributed by atoms with Crippen LogP contribution in [0.15, 0.2) is 79.4 Å². The quantitative estimate of drug-likeness (QED) is 0.266. The maximum atomic E-state index is 12.8. The average molecular weight is 547 g/mol. The molecule has 2 heterocycles. The fourth-order valence-electron chi connectivity index (χ4n) is 6.20. The van der Waals surface area contributed by atoms with Gasteiger partial charge in [-0.3, -0.25) is 4.90 Å². The molecule has 0 aliphatic carbocycles. The smallest absolute Gasteiger partial charge is 0.303 e. The van der Waals surface area contributed by atoms with Crippen molar-refractivity contribution in [3.05, 3.63) is 113 Å². The lowest BCUT2D eigenvalue weighted by molar-refractivity contribution is -0.137. The molecule has 5 rings (SSSR count). The molecule has 212 valence electrons. The van der Waals surface area contributed by atoms with Crippen molar-refractivity contribution in [2.75, 3.05) is 26.2 Å². The molecule has 0 atom stereocenters. The van der Waals surface area contributed by atoms with Crippen LogP contribution in [0.1, 0.15) is 65.5 Å². The minimum Gasteiger partial charge on any atom is -0.303 e. The van der Waals surface area contributed by atoms with Crippen LogP contribution in [0.25, 0.3) is 5.57 Å². The molecule has 1 saturated heterocycles. The molecule has 1 fully saturated rings. The predicted octanol–water partition coefficient (Wildman–Crippen LogP) is 8.40. The first kappa shape index (κ1) is 28.6. The van der Waals surface area contributed by atoms with Crippen LogP contribution < -0.4 is 0 Å². The summed E-state index contributed by atoms with van der Waals surface area (Å²) in [4.78, 5) is 5.02. The predicted molar refractivity (Wildman–Crippen MR) is 158 cm³/mol. The second-order valence-corrected chi connectivity index (χ2v) is 11.7. The van der Waals surface area contributed by atoms with Crippen LogP contribution >= 0.6 is 0 Å². The third-order valence-corrected chi connectivity index (χ3v) is 8.74. The monoisotopic (exact) mass is 546 g/mol. The second-order valence-electron chi connectivity index (χ2n) is 11.7. The highest BCUT2D eigenvalue weighted by Gasteiger charge is 2.30. The highest BCUT2D eigenvalue weighted by Crippen LogP contribution is 2.31. The number of hydrogen-bond donors (Lipinski definition) is 0. The molecule has 0 amide bonds. The zero-order chi connectivity index (χ0) is 28.0. The summed E-state index contributed by atoms with van der Waals surface area (Å²) >= 11 is 0. The third kappa shape index (κ3) is 7.86. The van der Waals surface area contributed by atoms with E-state index < -0.39 is 11.7 Å². The molecule has 2 aliphatic rings. The molecule has 2 aliphatic heterocycles. The van der Waals surface area contributed by atoms with Gasteiger partial charge in [0.25, 0.3) is 0 Å². The Labute approximate surface area is 237 Å². The van der Waals surface area contributed by atoms with Gasteiger partial charge >= 0.3 is 6.18 Å². The molecule has 2 nitrogen and oxygen atoms in total. The molecular formula is C35H41F3N2. The van der Waals surface area contributed by atoms with Crippen molar-refractivity contribution < 1.29 is 13.2 Å². The molecule has 0 radical (unpaired) electrons. The van der Waals surface area contributed by atoms with Crippen molar-refractivity contribution in [3.8, 4) is 0 Å². The Morgan fingerprint density at radius 2 is 1.57 bits per heavy atom. The van der Waals surface area contributed by atoms with Gasteiger partial charge in [-0.2, -0.15) is 13.2 Å². The Kier molecular flexibility index (Phi) is 9.44. The second kappa shape index (κ2) is 13.2. The molecular weight excluding hydrogens is 505 g/mol. The average Bonchev–Trinajstić information content (AvgIpc) is 3.16. The Balaban J connectivity index is 1.06. The van der Waals surface area contributed by atoms with Crippen molar-refractivity contribution >= 4 is 5.57 Å². The van der Waals surface area contributed by atoms with Crippen LogP contribution in [-0.4, -0.2) is 36.0 Å². The van der Waals surface area contributed by atoms with Gasteiger partial charge in [0.15, 0.2) is 0 Å². The van der Waals surface area contributed by atoms with Crippen molar-refractivity contribution in [1.82, 2.24) is 9.80 Å². The van der Waals surface area contributed by atoms with Gasteiger partial charge in [-0.1, -0.05) is 61.2 Å². The summed E-state index contributed by atoms with van der Waals surface area (Å²) in [5.41, 5.74) is 7.23. The molecule has 0 bridgehead atoms.